The number of hydrogen-bond donors (Lipinski definition) is 1. The van der Waals surface area contributed by atoms with Crippen molar-refractivity contribution in [1.82, 2.24) is 4.90 Å². The Labute approximate surface area is 193 Å². The molecule has 5 nitrogen and oxygen atoms in total. The summed E-state index contributed by atoms with van der Waals surface area (Å²) in [5, 5.41) is 10.4. The largest absolute Gasteiger partial charge is 0.480 e. The average molecular weight is 470 g/mol. The highest BCUT2D eigenvalue weighted by atomic mass is 35.5. The second-order valence-electron chi connectivity index (χ2n) is 6.80. The Balaban J connectivity index is 1.56. The first-order valence-electron chi connectivity index (χ1n) is 9.32. The molecule has 156 valence electrons. The van der Waals surface area contributed by atoms with Gasteiger partial charge in [0.2, 0.25) is 0 Å². The highest BCUT2D eigenvalue weighted by molar-refractivity contribution is 8.26. The lowest BCUT2D eigenvalue weighted by atomic mass is 10.0. The molecule has 1 saturated heterocycles. The second-order valence-corrected chi connectivity index (χ2v) is 8.92. The van der Waals surface area contributed by atoms with Crippen molar-refractivity contribution in [2.24, 2.45) is 0 Å². The second kappa shape index (κ2) is 9.09. The van der Waals surface area contributed by atoms with Gasteiger partial charge in [0.25, 0.3) is 5.91 Å². The van der Waals surface area contributed by atoms with Crippen LogP contribution >= 0.6 is 35.6 Å². The third-order valence-electron chi connectivity index (χ3n) is 4.72. The van der Waals surface area contributed by atoms with Gasteiger partial charge in [-0.15, -0.1) is 0 Å². The van der Waals surface area contributed by atoms with E-state index in [-0.39, 0.29) is 10.7 Å². The Morgan fingerprint density at radius 2 is 1.84 bits per heavy atom. The lowest BCUT2D eigenvalue weighted by Gasteiger charge is -2.23. The van der Waals surface area contributed by atoms with Gasteiger partial charge in [0, 0.05) is 23.1 Å². The van der Waals surface area contributed by atoms with E-state index in [4.69, 9.17) is 28.2 Å². The zero-order chi connectivity index (χ0) is 22.0. The minimum absolute atomic E-state index is 0.164. The number of thiocarbonyl (C=S) groups is 1. The van der Waals surface area contributed by atoms with Gasteiger partial charge in [-0.25, -0.2) is 4.79 Å². The van der Waals surface area contributed by atoms with Crippen LogP contribution in [0.15, 0.2) is 76.1 Å². The topological polar surface area (TPSA) is 70.8 Å². The number of rotatable bonds is 6. The number of furan rings is 1. The number of benzene rings is 2. The summed E-state index contributed by atoms with van der Waals surface area (Å²) in [5.74, 6) is -0.446. The third kappa shape index (κ3) is 4.74. The summed E-state index contributed by atoms with van der Waals surface area (Å²) in [4.78, 5) is 26.4. The molecule has 4 rings (SSSR count). The van der Waals surface area contributed by atoms with Gasteiger partial charge in [-0.05, 0) is 42.0 Å². The molecule has 0 aliphatic carbocycles. The summed E-state index contributed by atoms with van der Waals surface area (Å²) in [5.41, 5.74) is 1.66. The van der Waals surface area contributed by atoms with Gasteiger partial charge in [0.15, 0.2) is 0 Å². The van der Waals surface area contributed by atoms with E-state index in [1.165, 1.54) is 4.90 Å². The predicted molar refractivity (Wildman–Crippen MR) is 126 cm³/mol. The number of carbonyl (C=O) groups is 2. The molecule has 1 atom stereocenters. The molecule has 1 fully saturated rings. The summed E-state index contributed by atoms with van der Waals surface area (Å²) in [7, 11) is 0. The molecule has 0 bridgehead atoms. The van der Waals surface area contributed by atoms with E-state index < -0.39 is 17.9 Å². The summed E-state index contributed by atoms with van der Waals surface area (Å²) in [6.45, 7) is 0. The van der Waals surface area contributed by atoms with Crippen LogP contribution in [0, 0.1) is 0 Å². The summed E-state index contributed by atoms with van der Waals surface area (Å²) >= 11 is 12.3. The maximum atomic E-state index is 13.0. The van der Waals surface area contributed by atoms with E-state index in [2.05, 4.69) is 0 Å². The van der Waals surface area contributed by atoms with Gasteiger partial charge in [0.1, 0.15) is 21.9 Å². The number of carbonyl (C=O) groups excluding carboxylic acids is 1. The third-order valence-corrected chi connectivity index (χ3v) is 6.30. The van der Waals surface area contributed by atoms with Crippen molar-refractivity contribution >= 4 is 57.9 Å². The van der Waals surface area contributed by atoms with E-state index in [1.807, 2.05) is 42.5 Å². The van der Waals surface area contributed by atoms with Crippen molar-refractivity contribution in [1.29, 1.82) is 0 Å². The molecule has 0 radical (unpaired) electrons. The van der Waals surface area contributed by atoms with Crippen molar-refractivity contribution in [3.63, 3.8) is 0 Å². The van der Waals surface area contributed by atoms with Crippen LogP contribution in [0.25, 0.3) is 17.4 Å². The molecule has 0 saturated carbocycles. The average Bonchev–Trinajstić information content (AvgIpc) is 3.32. The maximum Gasteiger partial charge on any atom is 0.327 e. The number of aliphatic carboxylic acids is 1. The monoisotopic (exact) mass is 469 g/mol. The molecule has 0 spiro atoms. The lowest BCUT2D eigenvalue weighted by molar-refractivity contribution is -0.145. The zero-order valence-corrected chi connectivity index (χ0v) is 18.4. The van der Waals surface area contributed by atoms with Crippen LogP contribution in [-0.4, -0.2) is 32.2 Å². The van der Waals surface area contributed by atoms with Crippen LogP contribution in [0.1, 0.15) is 11.3 Å². The Morgan fingerprint density at radius 3 is 2.52 bits per heavy atom. The van der Waals surface area contributed by atoms with Crippen LogP contribution in [0.4, 0.5) is 0 Å². The SMILES string of the molecule is O=C(O)C(Cc1ccccc1)N1C(=O)/C(=C\c2ccc(-c3ccc(Cl)cc3)o2)SC1=S. The Bertz CT molecular complexity index is 1170. The normalized spacial score (nSPS) is 16.2. The molecule has 1 aliphatic rings. The number of amides is 1. The molecular formula is C23H16ClNO4S2. The van der Waals surface area contributed by atoms with Gasteiger partial charge in [-0.2, -0.15) is 0 Å². The minimum Gasteiger partial charge on any atom is -0.480 e. The molecule has 8 heteroatoms. The maximum absolute atomic E-state index is 13.0. The predicted octanol–water partition coefficient (Wildman–Crippen LogP) is 5.50. The molecule has 2 aromatic carbocycles. The Morgan fingerprint density at radius 1 is 1.13 bits per heavy atom. The number of nitrogens with zero attached hydrogens (tertiary/aromatic N) is 1. The highest BCUT2D eigenvalue weighted by Gasteiger charge is 2.40. The molecule has 1 aromatic heterocycles. The van der Waals surface area contributed by atoms with E-state index >= 15 is 0 Å². The quantitative estimate of drug-likeness (QED) is 0.380. The zero-order valence-electron chi connectivity index (χ0n) is 16.0. The summed E-state index contributed by atoms with van der Waals surface area (Å²) in [6, 6.07) is 18.8. The molecule has 1 aliphatic heterocycles. The van der Waals surface area contributed by atoms with Gasteiger partial charge in [-0.3, -0.25) is 9.69 Å². The number of halogens is 1. The molecule has 31 heavy (non-hydrogen) atoms. The Kier molecular flexibility index (Phi) is 6.27. The molecular weight excluding hydrogens is 454 g/mol. The Hall–Kier alpha value is -2.87. The minimum atomic E-state index is -1.11. The molecule has 2 heterocycles. The van der Waals surface area contributed by atoms with Crippen LogP contribution in [0.5, 0.6) is 0 Å². The van der Waals surface area contributed by atoms with Crippen molar-refractivity contribution in [3.05, 3.63) is 88.0 Å². The van der Waals surface area contributed by atoms with E-state index in [9.17, 15) is 14.7 Å². The molecule has 3 aromatic rings. The molecule has 1 N–H and O–H groups in total. The van der Waals surface area contributed by atoms with Gasteiger partial charge in [-0.1, -0.05) is 65.9 Å². The first-order valence-corrected chi connectivity index (χ1v) is 10.9. The van der Waals surface area contributed by atoms with Crippen molar-refractivity contribution in [2.45, 2.75) is 12.5 Å². The van der Waals surface area contributed by atoms with Gasteiger partial charge in [0.05, 0.1) is 4.91 Å². The number of thioether (sulfide) groups is 1. The van der Waals surface area contributed by atoms with Crippen molar-refractivity contribution < 1.29 is 19.1 Å². The molecule has 1 amide bonds. The van der Waals surface area contributed by atoms with Crippen molar-refractivity contribution in [2.75, 3.05) is 0 Å². The van der Waals surface area contributed by atoms with Crippen LogP contribution in [0.2, 0.25) is 5.02 Å². The van der Waals surface area contributed by atoms with Crippen LogP contribution in [-0.2, 0) is 16.0 Å². The highest BCUT2D eigenvalue weighted by Crippen LogP contribution is 2.35. The summed E-state index contributed by atoms with van der Waals surface area (Å²) in [6.07, 6.45) is 1.75. The summed E-state index contributed by atoms with van der Waals surface area (Å²) < 4.78 is 6.04. The number of carboxylic acid groups (broad SMARTS) is 1. The lowest BCUT2D eigenvalue weighted by Crippen LogP contribution is -2.45. The van der Waals surface area contributed by atoms with E-state index in [0.717, 1.165) is 22.9 Å². The number of carboxylic acids is 1. The molecule has 1 unspecified atom stereocenters. The van der Waals surface area contributed by atoms with E-state index in [1.54, 1.807) is 30.3 Å². The van der Waals surface area contributed by atoms with E-state index in [0.29, 0.717) is 21.4 Å². The first kappa shape index (κ1) is 21.4. The smallest absolute Gasteiger partial charge is 0.327 e. The van der Waals surface area contributed by atoms with Crippen LogP contribution < -0.4 is 0 Å². The fraction of sp³-hybridized carbons (Fsp3) is 0.0870. The fourth-order valence-electron chi connectivity index (χ4n) is 3.20. The van der Waals surface area contributed by atoms with Gasteiger partial charge >= 0.3 is 5.97 Å². The van der Waals surface area contributed by atoms with Gasteiger partial charge < -0.3 is 9.52 Å². The van der Waals surface area contributed by atoms with Crippen LogP contribution in [0.3, 0.4) is 0 Å². The van der Waals surface area contributed by atoms with Crippen molar-refractivity contribution in [3.8, 4) is 11.3 Å². The fourth-order valence-corrected chi connectivity index (χ4v) is 4.67. The number of hydrogen-bond acceptors (Lipinski definition) is 5. The first-order chi connectivity index (χ1) is 14.9. The standard InChI is InChI=1S/C23H16ClNO4S2/c24-16-8-6-15(7-9-16)19-11-10-17(29-19)13-20-21(26)25(23(30)31-20)18(22(27)28)12-14-4-2-1-3-5-14/h1-11,13,18H,12H2,(H,27,28)/b20-13+.